The lowest BCUT2D eigenvalue weighted by molar-refractivity contribution is 0.223. The smallest absolute Gasteiger partial charge is 0.187 e. The van der Waals surface area contributed by atoms with E-state index in [0.717, 1.165) is 16.6 Å². The van der Waals surface area contributed by atoms with Crippen LogP contribution in [0.3, 0.4) is 0 Å². The van der Waals surface area contributed by atoms with Gasteiger partial charge < -0.3 is 9.64 Å². The summed E-state index contributed by atoms with van der Waals surface area (Å²) in [6, 6.07) is 1.81. The fraction of sp³-hybridized carbons (Fsp3) is 0.400. The molecule has 0 spiro atoms. The Labute approximate surface area is 136 Å². The predicted octanol–water partition coefficient (Wildman–Crippen LogP) is 2.99. The Balaban J connectivity index is 1.72. The van der Waals surface area contributed by atoms with E-state index >= 15 is 0 Å². The Morgan fingerprint density at radius 3 is 3.09 bits per heavy atom. The number of hydrogen-bond acceptors (Lipinski definition) is 5. The third-order valence-electron chi connectivity index (χ3n) is 3.65. The van der Waals surface area contributed by atoms with Gasteiger partial charge in [-0.3, -0.25) is 4.98 Å². The second-order valence-corrected chi connectivity index (χ2v) is 5.95. The van der Waals surface area contributed by atoms with Crippen LogP contribution in [0.4, 0.5) is 10.2 Å². The summed E-state index contributed by atoms with van der Waals surface area (Å²) < 4.78 is 21.1. The van der Waals surface area contributed by atoms with Crippen molar-refractivity contribution in [3.05, 3.63) is 40.8 Å². The molecule has 0 bridgehead atoms. The first-order valence-electron chi connectivity index (χ1n) is 7.19. The zero-order valence-corrected chi connectivity index (χ0v) is 13.8. The average Bonchev–Trinajstić information content (AvgIpc) is 2.98. The van der Waals surface area contributed by atoms with E-state index in [9.17, 15) is 4.39 Å². The molecule has 5 nitrogen and oxygen atoms in total. The molecule has 1 fully saturated rings. The number of aryl methyl sites for hydroxylation is 1. The highest BCUT2D eigenvalue weighted by Crippen LogP contribution is 2.28. The number of ether oxygens (including phenoxy) is 1. The molecule has 2 aromatic heterocycles. The molecule has 0 saturated carbocycles. The van der Waals surface area contributed by atoms with Crippen molar-refractivity contribution < 1.29 is 9.13 Å². The zero-order valence-electron chi connectivity index (χ0n) is 12.2. The molecule has 1 atom stereocenters. The number of rotatable bonds is 4. The van der Waals surface area contributed by atoms with Gasteiger partial charge in [-0.15, -0.1) is 0 Å². The largest absolute Gasteiger partial charge is 0.487 e. The zero-order chi connectivity index (χ0) is 15.5. The summed E-state index contributed by atoms with van der Waals surface area (Å²) in [5.74, 6) is 0.793. The lowest BCUT2D eigenvalue weighted by Gasteiger charge is -2.19. The molecule has 1 aliphatic heterocycles. The van der Waals surface area contributed by atoms with Crippen molar-refractivity contribution >= 4 is 21.7 Å². The number of hydrogen-bond donors (Lipinski definition) is 0. The van der Waals surface area contributed by atoms with E-state index in [1.54, 1.807) is 12.4 Å². The molecule has 0 aliphatic carbocycles. The SMILES string of the molecule is CCc1ncnc(N2CCC(Oc3ccncc3Br)C2)c1F. The summed E-state index contributed by atoms with van der Waals surface area (Å²) >= 11 is 3.41. The normalized spacial score (nSPS) is 17.8. The van der Waals surface area contributed by atoms with Crippen molar-refractivity contribution in [2.75, 3.05) is 18.0 Å². The molecule has 1 saturated heterocycles. The summed E-state index contributed by atoms with van der Waals surface area (Å²) in [4.78, 5) is 14.0. The molecule has 1 unspecified atom stereocenters. The van der Waals surface area contributed by atoms with E-state index in [4.69, 9.17) is 4.74 Å². The van der Waals surface area contributed by atoms with Gasteiger partial charge in [0.15, 0.2) is 11.6 Å². The first-order chi connectivity index (χ1) is 10.7. The van der Waals surface area contributed by atoms with Crippen LogP contribution in [-0.4, -0.2) is 34.1 Å². The van der Waals surface area contributed by atoms with Gasteiger partial charge in [0.1, 0.15) is 18.2 Å². The van der Waals surface area contributed by atoms with E-state index in [1.807, 2.05) is 17.9 Å². The number of nitrogens with zero attached hydrogens (tertiary/aromatic N) is 4. The van der Waals surface area contributed by atoms with Crippen molar-refractivity contribution in [2.45, 2.75) is 25.9 Å². The molecule has 22 heavy (non-hydrogen) atoms. The van der Waals surface area contributed by atoms with E-state index < -0.39 is 0 Å². The molecule has 1 aliphatic rings. The van der Waals surface area contributed by atoms with Gasteiger partial charge in [0.25, 0.3) is 0 Å². The molecule has 0 N–H and O–H groups in total. The third kappa shape index (κ3) is 3.04. The molecule has 0 radical (unpaired) electrons. The summed E-state index contributed by atoms with van der Waals surface area (Å²) in [5.41, 5.74) is 0.450. The summed E-state index contributed by atoms with van der Waals surface area (Å²) in [5, 5.41) is 0. The van der Waals surface area contributed by atoms with Gasteiger partial charge in [0.05, 0.1) is 16.7 Å². The van der Waals surface area contributed by atoms with Crippen molar-refractivity contribution in [2.24, 2.45) is 0 Å². The first kappa shape index (κ1) is 15.1. The van der Waals surface area contributed by atoms with Gasteiger partial charge in [-0.05, 0) is 28.4 Å². The standard InChI is InChI=1S/C15H16BrFN4O/c1-2-12-14(17)15(20-9-19-12)21-6-4-10(8-21)22-13-3-5-18-7-11(13)16/h3,5,7,9-10H,2,4,6,8H2,1H3. The molecule has 3 heterocycles. The minimum atomic E-state index is -0.323. The van der Waals surface area contributed by atoms with Crippen LogP contribution < -0.4 is 9.64 Å². The highest BCUT2D eigenvalue weighted by atomic mass is 79.9. The van der Waals surface area contributed by atoms with Crippen molar-refractivity contribution in [1.29, 1.82) is 0 Å². The Bertz CT molecular complexity index is 670. The minimum absolute atomic E-state index is 0.00172. The van der Waals surface area contributed by atoms with Gasteiger partial charge >= 0.3 is 0 Å². The Morgan fingerprint density at radius 1 is 1.45 bits per heavy atom. The van der Waals surface area contributed by atoms with Crippen LogP contribution >= 0.6 is 15.9 Å². The monoisotopic (exact) mass is 366 g/mol. The van der Waals surface area contributed by atoms with Crippen molar-refractivity contribution in [3.8, 4) is 5.75 Å². The molecule has 0 aromatic carbocycles. The summed E-state index contributed by atoms with van der Waals surface area (Å²) in [7, 11) is 0. The Hall–Kier alpha value is -1.76. The fourth-order valence-electron chi connectivity index (χ4n) is 2.52. The molecule has 2 aromatic rings. The van der Waals surface area contributed by atoms with Gasteiger partial charge in [-0.25, -0.2) is 14.4 Å². The third-order valence-corrected chi connectivity index (χ3v) is 4.25. The molecule has 7 heteroatoms. The van der Waals surface area contributed by atoms with Crippen LogP contribution in [0.25, 0.3) is 0 Å². The minimum Gasteiger partial charge on any atom is -0.487 e. The van der Waals surface area contributed by atoms with Gasteiger partial charge in [0, 0.05) is 25.4 Å². The quantitative estimate of drug-likeness (QED) is 0.832. The van der Waals surface area contributed by atoms with E-state index in [-0.39, 0.29) is 11.9 Å². The summed E-state index contributed by atoms with van der Waals surface area (Å²) in [6.45, 7) is 3.20. The number of aromatic nitrogens is 3. The van der Waals surface area contributed by atoms with Crippen LogP contribution in [-0.2, 0) is 6.42 Å². The van der Waals surface area contributed by atoms with Gasteiger partial charge in [0.2, 0.25) is 0 Å². The second kappa shape index (κ2) is 6.56. The topological polar surface area (TPSA) is 51.1 Å². The van der Waals surface area contributed by atoms with Crippen LogP contribution in [0.15, 0.2) is 29.3 Å². The maximum Gasteiger partial charge on any atom is 0.187 e. The van der Waals surface area contributed by atoms with Crippen molar-refractivity contribution in [3.63, 3.8) is 0 Å². The fourth-order valence-corrected chi connectivity index (χ4v) is 2.86. The van der Waals surface area contributed by atoms with Gasteiger partial charge in [-0.2, -0.15) is 0 Å². The first-order valence-corrected chi connectivity index (χ1v) is 7.98. The molecule has 116 valence electrons. The van der Waals surface area contributed by atoms with E-state index in [2.05, 4.69) is 30.9 Å². The number of anilines is 1. The maximum atomic E-state index is 14.3. The van der Waals surface area contributed by atoms with E-state index in [1.165, 1.54) is 6.33 Å². The van der Waals surface area contributed by atoms with Crippen LogP contribution in [0, 0.1) is 5.82 Å². The highest BCUT2D eigenvalue weighted by Gasteiger charge is 2.28. The second-order valence-electron chi connectivity index (χ2n) is 5.09. The predicted molar refractivity (Wildman–Crippen MR) is 84.6 cm³/mol. The lowest BCUT2D eigenvalue weighted by Crippen LogP contribution is -2.26. The highest BCUT2D eigenvalue weighted by molar-refractivity contribution is 9.10. The molecule has 0 amide bonds. The number of halogens is 2. The van der Waals surface area contributed by atoms with Crippen LogP contribution in [0.1, 0.15) is 19.0 Å². The molecule has 3 rings (SSSR count). The maximum absolute atomic E-state index is 14.3. The van der Waals surface area contributed by atoms with Crippen LogP contribution in [0.5, 0.6) is 5.75 Å². The van der Waals surface area contributed by atoms with Gasteiger partial charge in [-0.1, -0.05) is 6.92 Å². The summed E-state index contributed by atoms with van der Waals surface area (Å²) in [6.07, 6.45) is 6.17. The average molecular weight is 367 g/mol. The van der Waals surface area contributed by atoms with E-state index in [0.29, 0.717) is 31.0 Å². The Kier molecular flexibility index (Phi) is 4.52. The molecular weight excluding hydrogens is 351 g/mol. The van der Waals surface area contributed by atoms with Crippen molar-refractivity contribution in [1.82, 2.24) is 15.0 Å². The Morgan fingerprint density at radius 2 is 2.32 bits per heavy atom. The molecular formula is C15H16BrFN4O. The number of pyridine rings is 1. The van der Waals surface area contributed by atoms with Crippen LogP contribution in [0.2, 0.25) is 0 Å². The lowest BCUT2D eigenvalue weighted by atomic mass is 10.3.